The van der Waals surface area contributed by atoms with Crippen LogP contribution in [-0.2, 0) is 16.0 Å². The first-order valence-electron chi connectivity index (χ1n) is 9.41. The first-order chi connectivity index (χ1) is 13.1. The number of amides is 1. The van der Waals surface area contributed by atoms with Crippen molar-refractivity contribution in [2.75, 3.05) is 0 Å². The Morgan fingerprint density at radius 2 is 2.11 bits per heavy atom. The number of carboxylic acids is 1. The molecule has 3 heterocycles. The summed E-state index contributed by atoms with van der Waals surface area (Å²) >= 11 is 0. The molecule has 2 fully saturated rings. The second kappa shape index (κ2) is 7.46. The fourth-order valence-electron chi connectivity index (χ4n) is 4.34. The van der Waals surface area contributed by atoms with Crippen molar-refractivity contribution in [1.29, 1.82) is 0 Å². The average molecular weight is 370 g/mol. The molecule has 3 atom stereocenters. The van der Waals surface area contributed by atoms with E-state index in [2.05, 4.69) is 15.1 Å². The number of hydrogen-bond acceptors (Lipinski definition) is 6. The first kappa shape index (κ1) is 17.6. The van der Waals surface area contributed by atoms with Gasteiger partial charge in [0.05, 0.1) is 0 Å². The van der Waals surface area contributed by atoms with Gasteiger partial charge in [0.25, 0.3) is 0 Å². The molecule has 0 radical (unpaired) electrons. The van der Waals surface area contributed by atoms with E-state index in [0.29, 0.717) is 36.2 Å². The Balaban J connectivity index is 1.42. The Hall–Kier alpha value is -2.77. The lowest BCUT2D eigenvalue weighted by Crippen LogP contribution is -2.46. The third-order valence-electron chi connectivity index (χ3n) is 5.58. The van der Waals surface area contributed by atoms with Crippen molar-refractivity contribution in [2.24, 2.45) is 5.92 Å². The van der Waals surface area contributed by atoms with E-state index in [1.54, 1.807) is 23.2 Å². The normalized spacial score (nSPS) is 24.6. The topological polar surface area (TPSA) is 109 Å². The molecule has 0 unspecified atom stereocenters. The molecule has 2 aromatic heterocycles. The van der Waals surface area contributed by atoms with Gasteiger partial charge in [-0.15, -0.1) is 0 Å². The van der Waals surface area contributed by atoms with E-state index in [1.807, 2.05) is 6.07 Å². The number of carboxylic acid groups (broad SMARTS) is 1. The van der Waals surface area contributed by atoms with E-state index in [9.17, 15) is 14.7 Å². The number of carbonyl (C=O) groups excluding carboxylic acids is 1. The Morgan fingerprint density at radius 3 is 2.89 bits per heavy atom. The molecule has 2 aromatic rings. The zero-order valence-corrected chi connectivity index (χ0v) is 15.0. The second-order valence-corrected chi connectivity index (χ2v) is 7.23. The fraction of sp³-hybridized carbons (Fsp3) is 0.526. The van der Waals surface area contributed by atoms with Crippen molar-refractivity contribution in [3.05, 3.63) is 30.3 Å². The van der Waals surface area contributed by atoms with Crippen LogP contribution in [0.5, 0.6) is 0 Å². The van der Waals surface area contributed by atoms with E-state index in [1.165, 1.54) is 0 Å². The van der Waals surface area contributed by atoms with Gasteiger partial charge < -0.3 is 14.5 Å². The highest BCUT2D eigenvalue weighted by Gasteiger charge is 2.47. The summed E-state index contributed by atoms with van der Waals surface area (Å²) in [5.41, 5.74) is 0.606. The van der Waals surface area contributed by atoms with Crippen molar-refractivity contribution in [3.63, 3.8) is 0 Å². The standard InChI is InChI=1S/C19H22N4O4/c24-17(23-14-7-2-1-5-12(14)11-15(23)19(25)26)9-8-16-21-18(22-27-16)13-6-3-4-10-20-13/h3-4,6,10,12,14-15H,1-2,5,7-9,11H2,(H,25,26)/t12-,14-,15-/m0/s1. The maximum absolute atomic E-state index is 12.8. The molecule has 0 spiro atoms. The predicted molar refractivity (Wildman–Crippen MR) is 94.5 cm³/mol. The van der Waals surface area contributed by atoms with Gasteiger partial charge in [0.1, 0.15) is 11.7 Å². The summed E-state index contributed by atoms with van der Waals surface area (Å²) in [6, 6.07) is 4.76. The number of aromatic nitrogens is 3. The van der Waals surface area contributed by atoms with Gasteiger partial charge in [-0.25, -0.2) is 4.79 Å². The van der Waals surface area contributed by atoms with Gasteiger partial charge in [-0.05, 0) is 37.3 Å². The number of rotatable bonds is 5. The smallest absolute Gasteiger partial charge is 0.326 e. The van der Waals surface area contributed by atoms with Crippen LogP contribution >= 0.6 is 0 Å². The third kappa shape index (κ3) is 3.56. The molecule has 2 aliphatic rings. The highest BCUT2D eigenvalue weighted by molar-refractivity contribution is 5.84. The molecule has 0 aromatic carbocycles. The van der Waals surface area contributed by atoms with Crippen LogP contribution in [0.4, 0.5) is 0 Å². The molecule has 27 heavy (non-hydrogen) atoms. The summed E-state index contributed by atoms with van der Waals surface area (Å²) in [5, 5.41) is 13.5. The Morgan fingerprint density at radius 1 is 1.26 bits per heavy atom. The lowest BCUT2D eigenvalue weighted by molar-refractivity contribution is -0.149. The van der Waals surface area contributed by atoms with E-state index in [-0.39, 0.29) is 18.4 Å². The summed E-state index contributed by atoms with van der Waals surface area (Å²) in [7, 11) is 0. The zero-order valence-electron chi connectivity index (χ0n) is 15.0. The lowest BCUT2D eigenvalue weighted by atomic mass is 9.84. The number of likely N-dealkylation sites (tertiary alicyclic amines) is 1. The van der Waals surface area contributed by atoms with Crippen molar-refractivity contribution >= 4 is 11.9 Å². The molecule has 1 aliphatic carbocycles. The number of aryl methyl sites for hydroxylation is 1. The quantitative estimate of drug-likeness (QED) is 0.860. The molecular weight excluding hydrogens is 348 g/mol. The Labute approximate surface area is 156 Å². The molecular formula is C19H22N4O4. The Bertz CT molecular complexity index is 822. The minimum absolute atomic E-state index is 0.0547. The summed E-state index contributed by atoms with van der Waals surface area (Å²) < 4.78 is 5.22. The molecule has 1 saturated heterocycles. The monoisotopic (exact) mass is 370 g/mol. The van der Waals surface area contributed by atoms with Gasteiger partial charge in [0.15, 0.2) is 0 Å². The largest absolute Gasteiger partial charge is 0.480 e. The van der Waals surface area contributed by atoms with Crippen molar-refractivity contribution in [1.82, 2.24) is 20.0 Å². The van der Waals surface area contributed by atoms with Crippen LogP contribution in [0.15, 0.2) is 28.9 Å². The predicted octanol–water partition coefficient (Wildman–Crippen LogP) is 2.31. The number of fused-ring (bicyclic) bond motifs is 1. The number of hydrogen-bond donors (Lipinski definition) is 1. The highest BCUT2D eigenvalue weighted by Crippen LogP contribution is 2.40. The summed E-state index contributed by atoms with van der Waals surface area (Å²) in [4.78, 5) is 34.5. The van der Waals surface area contributed by atoms with Gasteiger partial charge in [-0.2, -0.15) is 4.98 Å². The molecule has 8 heteroatoms. The molecule has 1 aliphatic heterocycles. The molecule has 1 saturated carbocycles. The van der Waals surface area contributed by atoms with Crippen LogP contribution in [0, 0.1) is 5.92 Å². The van der Waals surface area contributed by atoms with E-state index in [0.717, 1.165) is 25.7 Å². The number of pyridine rings is 1. The van der Waals surface area contributed by atoms with Crippen molar-refractivity contribution < 1.29 is 19.2 Å². The van der Waals surface area contributed by atoms with Gasteiger partial charge in [0, 0.05) is 25.1 Å². The molecule has 4 rings (SSSR count). The zero-order chi connectivity index (χ0) is 18.8. The maximum atomic E-state index is 12.8. The van der Waals surface area contributed by atoms with Gasteiger partial charge in [-0.3, -0.25) is 9.78 Å². The molecule has 8 nitrogen and oxygen atoms in total. The Kier molecular flexibility index (Phi) is 4.87. The molecule has 142 valence electrons. The van der Waals surface area contributed by atoms with Crippen LogP contribution in [-0.4, -0.2) is 49.1 Å². The SMILES string of the molecule is O=C(O)[C@@H]1C[C@@H]2CCCC[C@@H]2N1C(=O)CCc1nc(-c2ccccn2)no1. The van der Waals surface area contributed by atoms with Crippen LogP contribution < -0.4 is 0 Å². The molecule has 1 amide bonds. The van der Waals surface area contributed by atoms with Crippen LogP contribution in [0.2, 0.25) is 0 Å². The van der Waals surface area contributed by atoms with E-state index in [4.69, 9.17) is 4.52 Å². The van der Waals surface area contributed by atoms with Crippen LogP contribution in [0.3, 0.4) is 0 Å². The van der Waals surface area contributed by atoms with E-state index < -0.39 is 12.0 Å². The van der Waals surface area contributed by atoms with Crippen molar-refractivity contribution in [2.45, 2.75) is 57.0 Å². The summed E-state index contributed by atoms with van der Waals surface area (Å²) in [6.07, 6.45) is 6.74. The summed E-state index contributed by atoms with van der Waals surface area (Å²) in [5.74, 6) is -0.00410. The van der Waals surface area contributed by atoms with Crippen LogP contribution in [0.1, 0.15) is 44.4 Å². The van der Waals surface area contributed by atoms with Crippen LogP contribution in [0.25, 0.3) is 11.5 Å². The minimum Gasteiger partial charge on any atom is -0.480 e. The second-order valence-electron chi connectivity index (χ2n) is 7.23. The van der Waals surface area contributed by atoms with E-state index >= 15 is 0 Å². The average Bonchev–Trinajstić information content (AvgIpc) is 3.32. The minimum atomic E-state index is -0.909. The van der Waals surface area contributed by atoms with Crippen molar-refractivity contribution in [3.8, 4) is 11.5 Å². The lowest BCUT2D eigenvalue weighted by Gasteiger charge is -2.33. The number of nitrogens with zero attached hydrogens (tertiary/aromatic N) is 4. The van der Waals surface area contributed by atoms with Gasteiger partial charge in [0.2, 0.25) is 17.6 Å². The fourth-order valence-corrected chi connectivity index (χ4v) is 4.34. The third-order valence-corrected chi connectivity index (χ3v) is 5.58. The highest BCUT2D eigenvalue weighted by atomic mass is 16.5. The summed E-state index contributed by atoms with van der Waals surface area (Å²) in [6.45, 7) is 0. The number of carbonyl (C=O) groups is 2. The van der Waals surface area contributed by atoms with Gasteiger partial charge >= 0.3 is 5.97 Å². The molecule has 1 N–H and O–H groups in total. The maximum Gasteiger partial charge on any atom is 0.326 e. The number of aliphatic carboxylic acids is 1. The van der Waals surface area contributed by atoms with Gasteiger partial charge in [-0.1, -0.05) is 24.1 Å². The first-order valence-corrected chi connectivity index (χ1v) is 9.41. The molecule has 0 bridgehead atoms.